The molecule has 0 saturated carbocycles. The SMILES string of the molecule is Cc1csc(C#C[Si](C)(C)C)n1. The van der Waals surface area contributed by atoms with E-state index in [4.69, 9.17) is 0 Å². The van der Waals surface area contributed by atoms with Crippen molar-refractivity contribution in [1.29, 1.82) is 0 Å². The van der Waals surface area contributed by atoms with Crippen LogP contribution in [-0.2, 0) is 0 Å². The van der Waals surface area contributed by atoms with Gasteiger partial charge in [-0.3, -0.25) is 0 Å². The zero-order chi connectivity index (χ0) is 9.19. The van der Waals surface area contributed by atoms with Crippen LogP contribution >= 0.6 is 11.3 Å². The maximum atomic E-state index is 4.28. The van der Waals surface area contributed by atoms with Gasteiger partial charge in [0.25, 0.3) is 0 Å². The van der Waals surface area contributed by atoms with E-state index in [-0.39, 0.29) is 0 Å². The van der Waals surface area contributed by atoms with Crippen molar-refractivity contribution in [2.75, 3.05) is 0 Å². The normalized spacial score (nSPS) is 10.7. The third-order valence-electron chi connectivity index (χ3n) is 1.16. The monoisotopic (exact) mass is 195 g/mol. The molecule has 0 aliphatic heterocycles. The van der Waals surface area contributed by atoms with Crippen LogP contribution in [0, 0.1) is 18.4 Å². The van der Waals surface area contributed by atoms with Crippen molar-refractivity contribution in [2.24, 2.45) is 0 Å². The van der Waals surface area contributed by atoms with Crippen molar-refractivity contribution in [3.05, 3.63) is 16.1 Å². The third kappa shape index (κ3) is 3.20. The highest BCUT2D eigenvalue weighted by Crippen LogP contribution is 2.07. The predicted octanol–water partition coefficient (Wildman–Crippen LogP) is 2.68. The Morgan fingerprint density at radius 2 is 2.08 bits per heavy atom. The molecule has 1 aromatic rings. The molecule has 0 bridgehead atoms. The number of hydrogen-bond acceptors (Lipinski definition) is 2. The molecule has 0 radical (unpaired) electrons. The summed E-state index contributed by atoms with van der Waals surface area (Å²) in [4.78, 5) is 4.28. The summed E-state index contributed by atoms with van der Waals surface area (Å²) in [5.41, 5.74) is 4.36. The number of thiazole rings is 1. The largest absolute Gasteiger partial charge is 0.233 e. The van der Waals surface area contributed by atoms with E-state index < -0.39 is 8.07 Å². The van der Waals surface area contributed by atoms with E-state index in [1.54, 1.807) is 11.3 Å². The van der Waals surface area contributed by atoms with E-state index in [0.717, 1.165) is 10.7 Å². The Balaban J connectivity index is 2.80. The second-order valence-electron chi connectivity index (χ2n) is 3.79. The van der Waals surface area contributed by atoms with E-state index in [0.29, 0.717) is 0 Å². The van der Waals surface area contributed by atoms with E-state index in [2.05, 4.69) is 36.1 Å². The number of aromatic nitrogens is 1. The molecule has 0 N–H and O–H groups in total. The van der Waals surface area contributed by atoms with Crippen LogP contribution in [0.15, 0.2) is 5.38 Å². The minimum absolute atomic E-state index is 0.954. The first-order chi connectivity index (χ1) is 5.47. The first-order valence-corrected chi connectivity index (χ1v) is 8.31. The fraction of sp³-hybridized carbons (Fsp3) is 0.444. The smallest absolute Gasteiger partial charge is 0.166 e. The van der Waals surface area contributed by atoms with Crippen molar-refractivity contribution in [2.45, 2.75) is 26.6 Å². The van der Waals surface area contributed by atoms with Crippen LogP contribution in [0.5, 0.6) is 0 Å². The van der Waals surface area contributed by atoms with Gasteiger partial charge in [0, 0.05) is 11.1 Å². The molecule has 1 heterocycles. The maximum Gasteiger partial charge on any atom is 0.166 e. The fourth-order valence-corrected chi connectivity index (χ4v) is 1.88. The summed E-state index contributed by atoms with van der Waals surface area (Å²) in [5, 5.41) is 2.99. The molecule has 1 rings (SSSR count). The van der Waals surface area contributed by atoms with Gasteiger partial charge in [0.1, 0.15) is 8.07 Å². The lowest BCUT2D eigenvalue weighted by Gasteiger charge is -2.02. The highest BCUT2D eigenvalue weighted by Gasteiger charge is 2.07. The maximum absolute atomic E-state index is 4.28. The molecular formula is C9H13NSSi. The molecule has 0 saturated heterocycles. The number of nitrogens with zero attached hydrogens (tertiary/aromatic N) is 1. The third-order valence-corrected chi connectivity index (χ3v) is 2.91. The molecule has 0 aromatic carbocycles. The molecule has 0 aliphatic carbocycles. The molecule has 3 heteroatoms. The first-order valence-electron chi connectivity index (χ1n) is 3.93. The number of aryl methyl sites for hydroxylation is 1. The summed E-state index contributed by atoms with van der Waals surface area (Å²) >= 11 is 1.63. The summed E-state index contributed by atoms with van der Waals surface area (Å²) in [6, 6.07) is 0. The predicted molar refractivity (Wildman–Crippen MR) is 57.1 cm³/mol. The molecule has 0 aliphatic rings. The lowest BCUT2D eigenvalue weighted by molar-refractivity contribution is 1.25. The van der Waals surface area contributed by atoms with Crippen LogP contribution in [0.1, 0.15) is 10.7 Å². The second kappa shape index (κ2) is 3.42. The van der Waals surface area contributed by atoms with Gasteiger partial charge < -0.3 is 0 Å². The van der Waals surface area contributed by atoms with Crippen LogP contribution in [0.4, 0.5) is 0 Å². The summed E-state index contributed by atoms with van der Waals surface area (Å²) < 4.78 is 0. The van der Waals surface area contributed by atoms with Crippen LogP contribution in [-0.4, -0.2) is 13.1 Å². The Labute approximate surface area is 78.9 Å². The summed E-state index contributed by atoms with van der Waals surface area (Å²) in [5.74, 6) is 3.12. The molecule has 0 amide bonds. The number of rotatable bonds is 0. The van der Waals surface area contributed by atoms with Gasteiger partial charge in [-0.1, -0.05) is 19.6 Å². The van der Waals surface area contributed by atoms with Gasteiger partial charge in [-0.2, -0.15) is 0 Å². The van der Waals surface area contributed by atoms with Crippen LogP contribution in [0.3, 0.4) is 0 Å². The summed E-state index contributed by atoms with van der Waals surface area (Å²) in [7, 11) is -1.23. The van der Waals surface area contributed by atoms with Gasteiger partial charge in [-0.15, -0.1) is 16.9 Å². The van der Waals surface area contributed by atoms with Crippen molar-refractivity contribution in [1.82, 2.24) is 4.98 Å². The van der Waals surface area contributed by atoms with E-state index >= 15 is 0 Å². The van der Waals surface area contributed by atoms with Crippen molar-refractivity contribution >= 4 is 19.4 Å². The topological polar surface area (TPSA) is 12.9 Å². The lowest BCUT2D eigenvalue weighted by atomic mass is 10.6. The number of hydrogen-bond donors (Lipinski definition) is 0. The van der Waals surface area contributed by atoms with Crippen LogP contribution in [0.25, 0.3) is 0 Å². The first kappa shape index (κ1) is 9.49. The molecule has 64 valence electrons. The van der Waals surface area contributed by atoms with E-state index in [1.165, 1.54) is 0 Å². The molecule has 12 heavy (non-hydrogen) atoms. The molecular weight excluding hydrogens is 182 g/mol. The Morgan fingerprint density at radius 1 is 1.42 bits per heavy atom. The second-order valence-corrected chi connectivity index (χ2v) is 9.40. The Hall–Kier alpha value is -0.593. The molecule has 0 fully saturated rings. The molecule has 1 aromatic heterocycles. The minimum Gasteiger partial charge on any atom is -0.233 e. The lowest BCUT2D eigenvalue weighted by Crippen LogP contribution is -2.16. The molecule has 0 unspecified atom stereocenters. The molecule has 1 nitrogen and oxygen atoms in total. The van der Waals surface area contributed by atoms with Gasteiger partial charge in [0.15, 0.2) is 5.01 Å². The molecule has 0 atom stereocenters. The van der Waals surface area contributed by atoms with E-state index in [1.807, 2.05) is 12.3 Å². The highest BCUT2D eigenvalue weighted by molar-refractivity contribution is 7.10. The van der Waals surface area contributed by atoms with Crippen LogP contribution in [0.2, 0.25) is 19.6 Å². The quantitative estimate of drug-likeness (QED) is 0.458. The summed E-state index contributed by atoms with van der Waals surface area (Å²) in [6.45, 7) is 8.71. The van der Waals surface area contributed by atoms with Gasteiger partial charge in [-0.25, -0.2) is 4.98 Å². The molecule has 0 spiro atoms. The van der Waals surface area contributed by atoms with Gasteiger partial charge in [-0.05, 0) is 12.8 Å². The van der Waals surface area contributed by atoms with Crippen LogP contribution < -0.4 is 0 Å². The van der Waals surface area contributed by atoms with Gasteiger partial charge in [0.05, 0.1) is 0 Å². The average molecular weight is 195 g/mol. The minimum atomic E-state index is -1.23. The average Bonchev–Trinajstić information content (AvgIpc) is 2.30. The summed E-state index contributed by atoms with van der Waals surface area (Å²) in [6.07, 6.45) is 0. The Bertz CT molecular complexity index is 324. The Kier molecular flexibility index (Phi) is 2.71. The fourth-order valence-electron chi connectivity index (χ4n) is 0.652. The van der Waals surface area contributed by atoms with Crippen molar-refractivity contribution < 1.29 is 0 Å². The van der Waals surface area contributed by atoms with Gasteiger partial charge in [0.2, 0.25) is 0 Å². The van der Waals surface area contributed by atoms with E-state index in [9.17, 15) is 0 Å². The Morgan fingerprint density at radius 3 is 2.50 bits per heavy atom. The van der Waals surface area contributed by atoms with Gasteiger partial charge >= 0.3 is 0 Å². The van der Waals surface area contributed by atoms with Crippen molar-refractivity contribution in [3.63, 3.8) is 0 Å². The zero-order valence-corrected chi connectivity index (χ0v) is 9.75. The highest BCUT2D eigenvalue weighted by atomic mass is 32.1. The van der Waals surface area contributed by atoms with Crippen molar-refractivity contribution in [3.8, 4) is 11.5 Å². The standard InChI is InChI=1S/C9H13NSSi/c1-8-7-11-9(10-8)5-6-12(2,3)4/h7H,1-4H3. The zero-order valence-electron chi connectivity index (χ0n) is 7.93.